The summed E-state index contributed by atoms with van der Waals surface area (Å²) in [5.41, 5.74) is -0.0428. The first-order valence-corrected chi connectivity index (χ1v) is 14.5. The summed E-state index contributed by atoms with van der Waals surface area (Å²) in [6, 6.07) is 0. The summed E-state index contributed by atoms with van der Waals surface area (Å²) in [6.07, 6.45) is 8.28. The van der Waals surface area contributed by atoms with Gasteiger partial charge in [-0.3, -0.25) is 14.2 Å². The molecule has 33 heavy (non-hydrogen) atoms. The molecule has 1 N–H and O–H groups in total. The van der Waals surface area contributed by atoms with Crippen LogP contribution in [0, 0.1) is 5.41 Å². The van der Waals surface area contributed by atoms with Crippen molar-refractivity contribution in [2.24, 2.45) is 5.41 Å². The standard InChI is InChI=1S/C25H49N2O5P/c1-7-10-11-12-16-24(4,5)21-32-33(31,25(6,9-3)15-8-2)27-19-17-26(18-20-27)22(28)13-14-23(29)30/h7-21H2,1-6H3,(H,29,30). The second kappa shape index (κ2) is 13.8. The van der Waals surface area contributed by atoms with Crippen LogP contribution >= 0.6 is 7.52 Å². The van der Waals surface area contributed by atoms with Gasteiger partial charge in [0.1, 0.15) is 0 Å². The quantitative estimate of drug-likeness (QED) is 0.206. The molecule has 0 bridgehead atoms. The van der Waals surface area contributed by atoms with Crippen LogP contribution < -0.4 is 0 Å². The van der Waals surface area contributed by atoms with Crippen LogP contribution in [0.15, 0.2) is 0 Å². The predicted molar refractivity (Wildman–Crippen MR) is 135 cm³/mol. The summed E-state index contributed by atoms with van der Waals surface area (Å²) in [4.78, 5) is 24.9. The lowest BCUT2D eigenvalue weighted by Gasteiger charge is -2.46. The van der Waals surface area contributed by atoms with Gasteiger partial charge in [0, 0.05) is 32.6 Å². The van der Waals surface area contributed by atoms with Crippen LogP contribution in [0.2, 0.25) is 0 Å². The molecule has 0 spiro atoms. The highest BCUT2D eigenvalue weighted by molar-refractivity contribution is 7.58. The zero-order chi connectivity index (χ0) is 25.1. The Morgan fingerprint density at radius 1 is 0.909 bits per heavy atom. The molecule has 194 valence electrons. The van der Waals surface area contributed by atoms with Crippen molar-refractivity contribution >= 4 is 19.4 Å². The number of carbonyl (C=O) groups is 2. The lowest BCUT2D eigenvalue weighted by molar-refractivity contribution is -0.141. The van der Waals surface area contributed by atoms with Crippen LogP contribution in [0.5, 0.6) is 0 Å². The number of piperazine rings is 1. The van der Waals surface area contributed by atoms with Gasteiger partial charge >= 0.3 is 5.97 Å². The lowest BCUT2D eigenvalue weighted by Crippen LogP contribution is -2.50. The Morgan fingerprint density at radius 2 is 1.55 bits per heavy atom. The van der Waals surface area contributed by atoms with E-state index in [-0.39, 0.29) is 24.2 Å². The smallest absolute Gasteiger partial charge is 0.303 e. The second-order valence-electron chi connectivity index (χ2n) is 10.6. The molecule has 1 aliphatic heterocycles. The molecule has 0 aromatic rings. The molecule has 0 aromatic heterocycles. The normalized spacial score (nSPS) is 19.2. The number of carboxylic acids is 1. The first-order chi connectivity index (χ1) is 15.4. The first kappa shape index (κ1) is 30.1. The number of hydrogen-bond acceptors (Lipinski definition) is 4. The van der Waals surface area contributed by atoms with Crippen LogP contribution in [0.4, 0.5) is 0 Å². The average molecular weight is 489 g/mol. The van der Waals surface area contributed by atoms with Crippen molar-refractivity contribution < 1.29 is 23.8 Å². The van der Waals surface area contributed by atoms with Crippen molar-refractivity contribution in [2.75, 3.05) is 32.8 Å². The fraction of sp³-hybridized carbons (Fsp3) is 0.920. The number of carboxylic acid groups (broad SMARTS) is 1. The molecule has 2 unspecified atom stereocenters. The van der Waals surface area contributed by atoms with Crippen LogP contribution in [-0.4, -0.2) is 64.5 Å². The summed E-state index contributed by atoms with van der Waals surface area (Å²) < 4.78 is 23.1. The molecule has 1 rings (SSSR count). The minimum Gasteiger partial charge on any atom is -0.481 e. The topological polar surface area (TPSA) is 87.2 Å². The van der Waals surface area contributed by atoms with Gasteiger partial charge in [0.15, 0.2) is 0 Å². The Kier molecular flexibility index (Phi) is 12.6. The zero-order valence-electron chi connectivity index (χ0n) is 22.0. The number of carbonyl (C=O) groups excluding carboxylic acids is 1. The van der Waals surface area contributed by atoms with Gasteiger partial charge in [0.25, 0.3) is 7.52 Å². The van der Waals surface area contributed by atoms with Gasteiger partial charge in [0.2, 0.25) is 5.91 Å². The molecule has 7 nitrogen and oxygen atoms in total. The summed E-state index contributed by atoms with van der Waals surface area (Å²) in [5.74, 6) is -1.11. The fourth-order valence-corrected chi connectivity index (χ4v) is 7.87. The van der Waals surface area contributed by atoms with Crippen LogP contribution in [0.3, 0.4) is 0 Å². The van der Waals surface area contributed by atoms with Gasteiger partial charge in [-0.05, 0) is 31.6 Å². The maximum atomic E-state index is 14.6. The van der Waals surface area contributed by atoms with E-state index in [9.17, 15) is 14.2 Å². The number of hydrogen-bond donors (Lipinski definition) is 1. The van der Waals surface area contributed by atoms with Crippen molar-refractivity contribution in [3.63, 3.8) is 0 Å². The monoisotopic (exact) mass is 488 g/mol. The van der Waals surface area contributed by atoms with E-state index >= 15 is 0 Å². The molecule has 1 fully saturated rings. The summed E-state index contributed by atoms with van der Waals surface area (Å²) >= 11 is 0. The molecule has 2 atom stereocenters. The van der Waals surface area contributed by atoms with Gasteiger partial charge in [-0.25, -0.2) is 4.67 Å². The van der Waals surface area contributed by atoms with Crippen LogP contribution in [0.1, 0.15) is 106 Å². The molecule has 8 heteroatoms. The second-order valence-corrected chi connectivity index (χ2v) is 13.5. The van der Waals surface area contributed by atoms with Crippen LogP contribution in [0.25, 0.3) is 0 Å². The number of aliphatic carboxylic acids is 1. The van der Waals surface area contributed by atoms with Crippen molar-refractivity contribution in [1.29, 1.82) is 0 Å². The molecule has 0 aliphatic carbocycles. The van der Waals surface area contributed by atoms with Gasteiger partial charge < -0.3 is 14.5 Å². The largest absolute Gasteiger partial charge is 0.481 e. The average Bonchev–Trinajstić information content (AvgIpc) is 2.79. The fourth-order valence-electron chi connectivity index (χ4n) is 4.58. The van der Waals surface area contributed by atoms with E-state index in [1.165, 1.54) is 19.3 Å². The van der Waals surface area contributed by atoms with E-state index in [0.29, 0.717) is 32.8 Å². The van der Waals surface area contributed by atoms with Crippen molar-refractivity contribution in [3.05, 3.63) is 0 Å². The molecule has 1 aliphatic rings. The van der Waals surface area contributed by atoms with Crippen LogP contribution in [-0.2, 0) is 18.7 Å². The summed E-state index contributed by atoms with van der Waals surface area (Å²) in [5, 5.41) is 8.41. The van der Waals surface area contributed by atoms with E-state index in [1.807, 2.05) is 4.67 Å². The van der Waals surface area contributed by atoms with Crippen molar-refractivity contribution in [3.8, 4) is 0 Å². The van der Waals surface area contributed by atoms with Crippen molar-refractivity contribution in [2.45, 2.75) is 111 Å². The van der Waals surface area contributed by atoms with Gasteiger partial charge in [0.05, 0.1) is 18.2 Å². The Labute approximate surface area is 202 Å². The third kappa shape index (κ3) is 8.99. The Hall–Kier alpha value is -0.910. The first-order valence-electron chi connectivity index (χ1n) is 12.9. The van der Waals surface area contributed by atoms with Gasteiger partial charge in [-0.1, -0.05) is 66.7 Å². The summed E-state index contributed by atoms with van der Waals surface area (Å²) in [7, 11) is -3.16. The van der Waals surface area contributed by atoms with E-state index in [2.05, 4.69) is 41.5 Å². The number of nitrogens with zero attached hydrogens (tertiary/aromatic N) is 2. The number of unbranched alkanes of at least 4 members (excludes halogenated alkanes) is 3. The number of rotatable bonds is 16. The molecular formula is C25H49N2O5P. The highest BCUT2D eigenvalue weighted by Crippen LogP contribution is 2.65. The Morgan fingerprint density at radius 3 is 2.06 bits per heavy atom. The molecular weight excluding hydrogens is 439 g/mol. The Bertz CT molecular complexity index is 661. The maximum Gasteiger partial charge on any atom is 0.303 e. The molecule has 0 aromatic carbocycles. The molecule has 0 radical (unpaired) electrons. The third-order valence-electron chi connectivity index (χ3n) is 7.10. The maximum absolute atomic E-state index is 14.6. The van der Waals surface area contributed by atoms with E-state index in [0.717, 1.165) is 32.1 Å². The summed E-state index contributed by atoms with van der Waals surface area (Å²) in [6.45, 7) is 15.3. The van der Waals surface area contributed by atoms with Gasteiger partial charge in [-0.2, -0.15) is 0 Å². The minimum absolute atomic E-state index is 0.0121. The van der Waals surface area contributed by atoms with E-state index in [4.69, 9.17) is 9.63 Å². The molecule has 1 heterocycles. The lowest BCUT2D eigenvalue weighted by atomic mass is 9.88. The highest BCUT2D eigenvalue weighted by Gasteiger charge is 2.49. The van der Waals surface area contributed by atoms with Crippen molar-refractivity contribution in [1.82, 2.24) is 9.57 Å². The molecule has 1 saturated heterocycles. The third-order valence-corrected chi connectivity index (χ3v) is 10.6. The number of amides is 1. The van der Waals surface area contributed by atoms with E-state index in [1.54, 1.807) is 4.90 Å². The Balaban J connectivity index is 2.92. The van der Waals surface area contributed by atoms with Gasteiger partial charge in [-0.15, -0.1) is 0 Å². The molecule has 0 saturated carbocycles. The molecule has 1 amide bonds. The highest BCUT2D eigenvalue weighted by atomic mass is 31.2. The SMILES string of the molecule is CCCCCCC(C)(C)COP(=O)(N1CCN(C(=O)CCC(=O)O)CC1)C(C)(CC)CCC. The van der Waals surface area contributed by atoms with E-state index < -0.39 is 18.6 Å². The minimum atomic E-state index is -3.16. The zero-order valence-corrected chi connectivity index (χ0v) is 22.9. The predicted octanol–water partition coefficient (Wildman–Crippen LogP) is 6.17.